The van der Waals surface area contributed by atoms with Crippen molar-refractivity contribution in [2.45, 2.75) is 90.6 Å². The number of nitrogens with zero attached hydrogens (tertiary/aromatic N) is 1. The number of hydrogen-bond acceptors (Lipinski definition) is 1. The van der Waals surface area contributed by atoms with Crippen LogP contribution < -0.4 is 0 Å². The van der Waals surface area contributed by atoms with E-state index in [0.29, 0.717) is 0 Å². The fraction of sp³-hybridized carbons (Fsp3) is 0.615. The van der Waals surface area contributed by atoms with Crippen molar-refractivity contribution in [1.29, 1.82) is 0 Å². The molecular weight excluding hydrogens is 342 g/mol. The van der Waals surface area contributed by atoms with Gasteiger partial charge in [0.15, 0.2) is 5.76 Å². The molecule has 0 saturated heterocycles. The summed E-state index contributed by atoms with van der Waals surface area (Å²) >= 11 is 0. The van der Waals surface area contributed by atoms with Gasteiger partial charge >= 0.3 is 0 Å². The molecule has 0 spiro atoms. The highest BCUT2D eigenvalue weighted by molar-refractivity contribution is 5.13. The monoisotopic (exact) mass is 384 g/mol. The second kappa shape index (κ2) is 13.6. The lowest BCUT2D eigenvalue weighted by atomic mass is 10.1. The normalized spacial score (nSPS) is 13.5. The molecule has 0 aliphatic rings. The van der Waals surface area contributed by atoms with Gasteiger partial charge in [-0.3, -0.25) is 0 Å². The molecule has 0 radical (unpaired) electrons. The van der Waals surface area contributed by atoms with Crippen molar-refractivity contribution in [2.24, 2.45) is 0 Å². The number of quaternary nitrogens is 1. The molecule has 1 heterocycles. The molecule has 28 heavy (non-hydrogen) atoms. The minimum Gasteiger partial charge on any atom is -0.463 e. The summed E-state index contributed by atoms with van der Waals surface area (Å²) in [7, 11) is 2.38. The van der Waals surface area contributed by atoms with Crippen molar-refractivity contribution in [3.63, 3.8) is 0 Å². The Morgan fingerprint density at radius 2 is 1.29 bits per heavy atom. The van der Waals surface area contributed by atoms with Gasteiger partial charge in [-0.2, -0.15) is 0 Å². The standard InChI is InChI=1S/C26H42NO/c1-3-4-5-6-7-8-9-10-11-12-16-21-27(2,24-26-20-17-22-28-26)23-25-18-14-13-15-19-25/h13-15,17-20,22H,3-12,16,21,23-24H2,1-2H3/q+1. The largest absolute Gasteiger partial charge is 0.463 e. The van der Waals surface area contributed by atoms with Crippen LogP contribution in [0.15, 0.2) is 53.1 Å². The summed E-state index contributed by atoms with van der Waals surface area (Å²) in [5.41, 5.74) is 1.42. The van der Waals surface area contributed by atoms with Crippen LogP contribution in [0.5, 0.6) is 0 Å². The van der Waals surface area contributed by atoms with Crippen molar-refractivity contribution >= 4 is 0 Å². The van der Waals surface area contributed by atoms with Crippen LogP contribution in [0, 0.1) is 0 Å². The van der Waals surface area contributed by atoms with Gasteiger partial charge in [-0.25, -0.2) is 0 Å². The molecule has 0 amide bonds. The minimum absolute atomic E-state index is 0.972. The van der Waals surface area contributed by atoms with Crippen LogP contribution in [0.25, 0.3) is 0 Å². The van der Waals surface area contributed by atoms with E-state index in [0.717, 1.165) is 23.3 Å². The molecule has 156 valence electrons. The number of furan rings is 1. The molecule has 2 aromatic rings. The second-order valence-corrected chi connectivity index (χ2v) is 8.76. The zero-order valence-corrected chi connectivity index (χ0v) is 18.4. The summed E-state index contributed by atoms with van der Waals surface area (Å²) in [4.78, 5) is 0. The van der Waals surface area contributed by atoms with Crippen LogP contribution in [-0.2, 0) is 13.1 Å². The van der Waals surface area contributed by atoms with Crippen LogP contribution in [0.4, 0.5) is 0 Å². The highest BCUT2D eigenvalue weighted by atomic mass is 16.3. The molecule has 0 aliphatic carbocycles. The maximum Gasteiger partial charge on any atom is 0.158 e. The molecule has 0 fully saturated rings. The van der Waals surface area contributed by atoms with Crippen molar-refractivity contribution < 1.29 is 8.90 Å². The summed E-state index contributed by atoms with van der Waals surface area (Å²) in [6.45, 7) is 5.55. The van der Waals surface area contributed by atoms with E-state index in [9.17, 15) is 0 Å². The molecule has 2 heteroatoms. The van der Waals surface area contributed by atoms with E-state index in [1.165, 1.54) is 82.7 Å². The Morgan fingerprint density at radius 1 is 0.679 bits per heavy atom. The average molecular weight is 385 g/mol. The first kappa shape index (κ1) is 22.7. The molecule has 1 unspecified atom stereocenters. The molecule has 0 aliphatic heterocycles. The Hall–Kier alpha value is -1.54. The lowest BCUT2D eigenvalue weighted by molar-refractivity contribution is -0.936. The Labute approximate surface area is 173 Å². The summed E-state index contributed by atoms with van der Waals surface area (Å²) in [6, 6.07) is 15.0. The maximum absolute atomic E-state index is 5.66. The number of unbranched alkanes of at least 4 members (excludes halogenated alkanes) is 10. The maximum atomic E-state index is 5.66. The molecule has 0 saturated carbocycles. The fourth-order valence-corrected chi connectivity index (χ4v) is 4.17. The first-order valence-electron chi connectivity index (χ1n) is 11.6. The van der Waals surface area contributed by atoms with E-state index in [4.69, 9.17) is 4.42 Å². The SMILES string of the molecule is CCCCCCCCCCCCC[N+](C)(Cc1ccccc1)Cc1ccco1. The molecule has 0 N–H and O–H groups in total. The van der Waals surface area contributed by atoms with E-state index < -0.39 is 0 Å². The van der Waals surface area contributed by atoms with Crippen LogP contribution in [0.3, 0.4) is 0 Å². The van der Waals surface area contributed by atoms with Gasteiger partial charge in [0.05, 0.1) is 19.9 Å². The predicted molar refractivity (Wildman–Crippen MR) is 120 cm³/mol. The zero-order chi connectivity index (χ0) is 19.9. The van der Waals surface area contributed by atoms with Gasteiger partial charge in [-0.05, 0) is 25.0 Å². The Balaban J connectivity index is 1.66. The van der Waals surface area contributed by atoms with Gasteiger partial charge in [0.25, 0.3) is 0 Å². The lowest BCUT2D eigenvalue weighted by Crippen LogP contribution is -2.43. The van der Waals surface area contributed by atoms with Gasteiger partial charge in [0, 0.05) is 5.56 Å². The Morgan fingerprint density at radius 3 is 1.86 bits per heavy atom. The summed E-state index contributed by atoms with van der Waals surface area (Å²) < 4.78 is 6.68. The molecule has 2 rings (SSSR count). The van der Waals surface area contributed by atoms with Gasteiger partial charge in [-0.15, -0.1) is 0 Å². The van der Waals surface area contributed by atoms with Gasteiger partial charge in [0.1, 0.15) is 13.1 Å². The van der Waals surface area contributed by atoms with Crippen LogP contribution in [-0.4, -0.2) is 18.1 Å². The highest BCUT2D eigenvalue weighted by Gasteiger charge is 2.23. The van der Waals surface area contributed by atoms with E-state index in [1.807, 2.05) is 6.07 Å². The smallest absolute Gasteiger partial charge is 0.158 e. The van der Waals surface area contributed by atoms with Gasteiger partial charge in [0.2, 0.25) is 0 Å². The van der Waals surface area contributed by atoms with E-state index in [1.54, 1.807) is 6.26 Å². The van der Waals surface area contributed by atoms with Crippen molar-refractivity contribution in [2.75, 3.05) is 13.6 Å². The summed E-state index contributed by atoms with van der Waals surface area (Å²) in [6.07, 6.45) is 17.2. The molecule has 1 aromatic carbocycles. The number of benzene rings is 1. The quantitative estimate of drug-likeness (QED) is 0.213. The number of rotatable bonds is 16. The Bertz CT molecular complexity index is 592. The molecule has 2 nitrogen and oxygen atoms in total. The van der Waals surface area contributed by atoms with E-state index in [2.05, 4.69) is 50.4 Å². The highest BCUT2D eigenvalue weighted by Crippen LogP contribution is 2.20. The molecule has 1 atom stereocenters. The van der Waals surface area contributed by atoms with Gasteiger partial charge in [-0.1, -0.05) is 95.0 Å². The third kappa shape index (κ3) is 9.59. The summed E-state index contributed by atoms with van der Waals surface area (Å²) in [5.74, 6) is 1.10. The summed E-state index contributed by atoms with van der Waals surface area (Å²) in [5, 5.41) is 0. The van der Waals surface area contributed by atoms with Crippen LogP contribution in [0.1, 0.15) is 88.9 Å². The first-order chi connectivity index (χ1) is 13.7. The third-order valence-electron chi connectivity index (χ3n) is 5.83. The lowest BCUT2D eigenvalue weighted by Gasteiger charge is -2.34. The van der Waals surface area contributed by atoms with Crippen LogP contribution in [0.2, 0.25) is 0 Å². The predicted octanol–water partition coefficient (Wildman–Crippen LogP) is 7.74. The fourth-order valence-electron chi connectivity index (χ4n) is 4.17. The Kier molecular flexibility index (Phi) is 11.1. The van der Waals surface area contributed by atoms with Gasteiger partial charge < -0.3 is 8.90 Å². The van der Waals surface area contributed by atoms with Crippen molar-refractivity contribution in [3.05, 3.63) is 60.1 Å². The number of hydrogen-bond donors (Lipinski definition) is 0. The van der Waals surface area contributed by atoms with E-state index in [-0.39, 0.29) is 0 Å². The topological polar surface area (TPSA) is 13.1 Å². The zero-order valence-electron chi connectivity index (χ0n) is 18.4. The minimum atomic E-state index is 0.972. The third-order valence-corrected chi connectivity index (χ3v) is 5.83. The molecular formula is C26H42NO+. The van der Waals surface area contributed by atoms with E-state index >= 15 is 0 Å². The molecule has 0 bridgehead atoms. The average Bonchev–Trinajstić information content (AvgIpc) is 3.19. The van der Waals surface area contributed by atoms with Crippen molar-refractivity contribution in [1.82, 2.24) is 0 Å². The first-order valence-corrected chi connectivity index (χ1v) is 11.6. The van der Waals surface area contributed by atoms with Crippen LogP contribution >= 0.6 is 0 Å². The second-order valence-electron chi connectivity index (χ2n) is 8.76. The molecule has 1 aromatic heterocycles. The van der Waals surface area contributed by atoms with Crippen molar-refractivity contribution in [3.8, 4) is 0 Å².